The van der Waals surface area contributed by atoms with Gasteiger partial charge < -0.3 is 14.6 Å². The maximum atomic E-state index is 13.1. The Bertz CT molecular complexity index is 1370. The Kier molecular flexibility index (Phi) is 6.94. The number of hydrogen-bond acceptors (Lipinski definition) is 4. The minimum Gasteiger partial charge on any atom is -0.436 e. The molecule has 0 atom stereocenters. The molecule has 6 nitrogen and oxygen atoms in total. The second kappa shape index (κ2) is 10.6. The van der Waals surface area contributed by atoms with Crippen molar-refractivity contribution < 1.29 is 14.0 Å². The Morgan fingerprint density at radius 3 is 2.53 bits per heavy atom. The van der Waals surface area contributed by atoms with E-state index in [0.29, 0.717) is 34.9 Å². The molecule has 2 heterocycles. The Morgan fingerprint density at radius 2 is 1.72 bits per heavy atom. The quantitative estimate of drug-likeness (QED) is 0.375. The van der Waals surface area contributed by atoms with Gasteiger partial charge in [0.15, 0.2) is 5.76 Å². The molecule has 0 unspecified atom stereocenters. The number of amides is 2. The first-order valence-electron chi connectivity index (χ1n) is 12.4. The van der Waals surface area contributed by atoms with Crippen molar-refractivity contribution in [3.63, 3.8) is 0 Å². The fourth-order valence-electron chi connectivity index (χ4n) is 4.49. The summed E-state index contributed by atoms with van der Waals surface area (Å²) in [5.41, 5.74) is 4.74. The van der Waals surface area contributed by atoms with Crippen LogP contribution in [0.1, 0.15) is 51.1 Å². The van der Waals surface area contributed by atoms with E-state index in [1.165, 1.54) is 12.0 Å². The summed E-state index contributed by atoms with van der Waals surface area (Å²) in [6, 6.07) is 22.8. The van der Waals surface area contributed by atoms with E-state index in [9.17, 15) is 9.59 Å². The molecule has 3 aromatic carbocycles. The van der Waals surface area contributed by atoms with E-state index in [1.54, 1.807) is 12.3 Å². The molecule has 1 aliphatic heterocycles. The molecular weight excluding hydrogens is 450 g/mol. The van der Waals surface area contributed by atoms with Crippen molar-refractivity contribution in [2.24, 2.45) is 0 Å². The maximum Gasteiger partial charge on any atom is 0.253 e. The van der Waals surface area contributed by atoms with E-state index in [0.717, 1.165) is 37.1 Å². The first kappa shape index (κ1) is 23.5. The molecule has 0 radical (unpaired) electrons. The zero-order valence-electron chi connectivity index (χ0n) is 20.4. The smallest absolute Gasteiger partial charge is 0.253 e. The second-order valence-electron chi connectivity index (χ2n) is 9.18. The zero-order valence-corrected chi connectivity index (χ0v) is 20.4. The monoisotopic (exact) mass is 479 g/mol. The minimum absolute atomic E-state index is 0.0569. The van der Waals surface area contributed by atoms with Crippen molar-refractivity contribution in [1.29, 1.82) is 0 Å². The molecule has 1 aliphatic rings. The van der Waals surface area contributed by atoms with Crippen molar-refractivity contribution in [1.82, 2.24) is 15.2 Å². The SMILES string of the molecule is Cc1ccc(-c2cnc(-c3ccccc3C(=O)NCc3cccc(C(=O)N4CCCCC4)c3)o2)cc1. The van der Waals surface area contributed by atoms with Gasteiger partial charge in [0.2, 0.25) is 5.89 Å². The van der Waals surface area contributed by atoms with Gasteiger partial charge in [0.1, 0.15) is 0 Å². The third-order valence-corrected chi connectivity index (χ3v) is 6.51. The number of carbonyl (C=O) groups excluding carboxylic acids is 2. The number of rotatable bonds is 6. The molecule has 0 aliphatic carbocycles. The standard InChI is InChI=1S/C30H29N3O3/c1-21-12-14-23(15-13-21)27-20-32-29(36-27)26-11-4-3-10-25(26)28(34)31-19-22-8-7-9-24(18-22)30(35)33-16-5-2-6-17-33/h3-4,7-15,18,20H,2,5-6,16-17,19H2,1H3,(H,31,34). The number of nitrogens with one attached hydrogen (secondary N) is 1. The van der Waals surface area contributed by atoms with E-state index in [1.807, 2.05) is 78.6 Å². The number of carbonyl (C=O) groups is 2. The summed E-state index contributed by atoms with van der Waals surface area (Å²) in [6.45, 7) is 3.97. The van der Waals surface area contributed by atoms with Crippen molar-refractivity contribution in [2.75, 3.05) is 13.1 Å². The predicted molar refractivity (Wildman–Crippen MR) is 139 cm³/mol. The van der Waals surface area contributed by atoms with Crippen LogP contribution in [0.2, 0.25) is 0 Å². The first-order valence-corrected chi connectivity index (χ1v) is 12.4. The highest BCUT2D eigenvalue weighted by atomic mass is 16.4. The maximum absolute atomic E-state index is 13.1. The van der Waals surface area contributed by atoms with E-state index in [-0.39, 0.29) is 11.8 Å². The van der Waals surface area contributed by atoms with Crippen LogP contribution in [-0.2, 0) is 6.54 Å². The molecule has 6 heteroatoms. The van der Waals surface area contributed by atoms with Gasteiger partial charge in [0, 0.05) is 36.3 Å². The lowest BCUT2D eigenvalue weighted by Crippen LogP contribution is -2.35. The number of likely N-dealkylation sites (tertiary alicyclic amines) is 1. The van der Waals surface area contributed by atoms with E-state index in [4.69, 9.17) is 4.42 Å². The molecule has 1 aromatic heterocycles. The summed E-state index contributed by atoms with van der Waals surface area (Å²) in [6.07, 6.45) is 4.97. The zero-order chi connectivity index (χ0) is 24.9. The first-order chi connectivity index (χ1) is 17.6. The van der Waals surface area contributed by atoms with E-state index < -0.39 is 0 Å². The van der Waals surface area contributed by atoms with Crippen LogP contribution in [0.25, 0.3) is 22.8 Å². The van der Waals surface area contributed by atoms with Crippen molar-refractivity contribution in [3.8, 4) is 22.8 Å². The molecule has 2 amide bonds. The fourth-order valence-corrected chi connectivity index (χ4v) is 4.49. The number of aromatic nitrogens is 1. The largest absolute Gasteiger partial charge is 0.436 e. The van der Waals surface area contributed by atoms with Gasteiger partial charge in [-0.3, -0.25) is 9.59 Å². The summed E-state index contributed by atoms with van der Waals surface area (Å²) < 4.78 is 6.02. The van der Waals surface area contributed by atoms with Crippen LogP contribution in [0, 0.1) is 6.92 Å². The van der Waals surface area contributed by atoms with Crippen molar-refractivity contribution >= 4 is 11.8 Å². The van der Waals surface area contributed by atoms with Gasteiger partial charge >= 0.3 is 0 Å². The molecule has 1 fully saturated rings. The fraction of sp³-hybridized carbons (Fsp3) is 0.233. The van der Waals surface area contributed by atoms with Crippen LogP contribution in [-0.4, -0.2) is 34.8 Å². The van der Waals surface area contributed by atoms with Crippen LogP contribution in [0.15, 0.2) is 83.4 Å². The summed E-state index contributed by atoms with van der Waals surface area (Å²) in [5, 5.41) is 2.98. The summed E-state index contributed by atoms with van der Waals surface area (Å²) >= 11 is 0. The molecule has 182 valence electrons. The number of piperidine rings is 1. The summed E-state index contributed by atoms with van der Waals surface area (Å²) in [7, 11) is 0. The van der Waals surface area contributed by atoms with Crippen LogP contribution in [0.3, 0.4) is 0 Å². The van der Waals surface area contributed by atoms with Crippen LogP contribution >= 0.6 is 0 Å². The molecule has 0 bridgehead atoms. The van der Waals surface area contributed by atoms with Crippen LogP contribution in [0.5, 0.6) is 0 Å². The molecule has 0 spiro atoms. The van der Waals surface area contributed by atoms with Gasteiger partial charge in [-0.1, -0.05) is 54.1 Å². The molecule has 1 N–H and O–H groups in total. The third-order valence-electron chi connectivity index (χ3n) is 6.51. The Morgan fingerprint density at radius 1 is 0.944 bits per heavy atom. The minimum atomic E-state index is -0.228. The second-order valence-corrected chi connectivity index (χ2v) is 9.18. The molecule has 0 saturated carbocycles. The normalized spacial score (nSPS) is 13.4. The number of benzene rings is 3. The topological polar surface area (TPSA) is 75.4 Å². The van der Waals surface area contributed by atoms with Crippen molar-refractivity contribution in [2.45, 2.75) is 32.7 Å². The van der Waals surface area contributed by atoms with Gasteiger partial charge in [0.25, 0.3) is 11.8 Å². The van der Waals surface area contributed by atoms with Gasteiger partial charge in [-0.2, -0.15) is 0 Å². The Hall–Kier alpha value is -4.19. The van der Waals surface area contributed by atoms with E-state index >= 15 is 0 Å². The average molecular weight is 480 g/mol. The number of hydrogen-bond donors (Lipinski definition) is 1. The van der Waals surface area contributed by atoms with Crippen molar-refractivity contribution in [3.05, 3.63) is 101 Å². The Balaban J connectivity index is 1.29. The lowest BCUT2D eigenvalue weighted by Gasteiger charge is -2.26. The number of oxazole rings is 1. The van der Waals surface area contributed by atoms with Gasteiger partial charge in [-0.05, 0) is 56.0 Å². The summed E-state index contributed by atoms with van der Waals surface area (Å²) in [5.74, 6) is 0.871. The highest BCUT2D eigenvalue weighted by Crippen LogP contribution is 2.28. The number of nitrogens with zero attached hydrogens (tertiary/aromatic N) is 2. The average Bonchev–Trinajstić information content (AvgIpc) is 3.42. The lowest BCUT2D eigenvalue weighted by atomic mass is 10.1. The molecular formula is C30H29N3O3. The van der Waals surface area contributed by atoms with Crippen LogP contribution in [0.4, 0.5) is 0 Å². The van der Waals surface area contributed by atoms with Gasteiger partial charge in [0.05, 0.1) is 11.8 Å². The Labute approximate surface area is 211 Å². The van der Waals surface area contributed by atoms with Gasteiger partial charge in [-0.15, -0.1) is 0 Å². The molecule has 1 saturated heterocycles. The highest BCUT2D eigenvalue weighted by Gasteiger charge is 2.19. The molecule has 5 rings (SSSR count). The molecule has 36 heavy (non-hydrogen) atoms. The van der Waals surface area contributed by atoms with Gasteiger partial charge in [-0.25, -0.2) is 4.98 Å². The van der Waals surface area contributed by atoms with E-state index in [2.05, 4.69) is 10.3 Å². The molecule has 4 aromatic rings. The third kappa shape index (κ3) is 5.23. The highest BCUT2D eigenvalue weighted by molar-refractivity contribution is 6.00. The van der Waals surface area contributed by atoms with Crippen LogP contribution < -0.4 is 5.32 Å². The number of aryl methyl sites for hydroxylation is 1. The summed E-state index contributed by atoms with van der Waals surface area (Å²) in [4.78, 5) is 32.3. The predicted octanol–water partition coefficient (Wildman–Crippen LogP) is 5.87. The lowest BCUT2D eigenvalue weighted by molar-refractivity contribution is 0.0724.